The zero-order chi connectivity index (χ0) is 20.0. The number of ether oxygens (including phenoxy) is 5. The van der Waals surface area contributed by atoms with Gasteiger partial charge in [0.25, 0.3) is 0 Å². The minimum absolute atomic E-state index is 0.365. The number of esters is 3. The minimum atomic E-state index is -1.68. The monoisotopic (exact) mass is 376 g/mol. The largest absolute Gasteiger partial charge is 0.479 e. The SMILES string of the molecule is CC[C@@H](C)OC1OC(C(=O)O)C(OC(C)=O)C(OC(C)=O)C1OC(C)=O. The molecular weight excluding hydrogens is 352 g/mol. The van der Waals surface area contributed by atoms with Gasteiger partial charge in [0, 0.05) is 20.8 Å². The van der Waals surface area contributed by atoms with Gasteiger partial charge in [0.2, 0.25) is 0 Å². The van der Waals surface area contributed by atoms with E-state index in [-0.39, 0.29) is 6.10 Å². The third kappa shape index (κ3) is 5.95. The van der Waals surface area contributed by atoms with Crippen molar-refractivity contribution in [1.29, 1.82) is 0 Å². The molecule has 0 spiro atoms. The van der Waals surface area contributed by atoms with E-state index in [0.29, 0.717) is 6.42 Å². The summed E-state index contributed by atoms with van der Waals surface area (Å²) in [5.41, 5.74) is 0. The maximum Gasteiger partial charge on any atom is 0.337 e. The second-order valence-corrected chi connectivity index (χ2v) is 5.84. The highest BCUT2D eigenvalue weighted by Gasteiger charge is 2.55. The molecular formula is C16H24O10. The zero-order valence-electron chi connectivity index (χ0n) is 15.3. The lowest BCUT2D eigenvalue weighted by Gasteiger charge is -2.43. The van der Waals surface area contributed by atoms with Gasteiger partial charge in [-0.3, -0.25) is 14.4 Å². The summed E-state index contributed by atoms with van der Waals surface area (Å²) in [6.45, 7) is 6.81. The number of carbonyl (C=O) groups excluding carboxylic acids is 3. The molecule has 0 bridgehead atoms. The van der Waals surface area contributed by atoms with Crippen LogP contribution in [0, 0.1) is 0 Å². The van der Waals surface area contributed by atoms with E-state index in [9.17, 15) is 24.3 Å². The molecule has 6 atom stereocenters. The summed E-state index contributed by atoms with van der Waals surface area (Å²) >= 11 is 0. The van der Waals surface area contributed by atoms with Crippen molar-refractivity contribution in [3.05, 3.63) is 0 Å². The normalized spacial score (nSPS) is 29.3. The van der Waals surface area contributed by atoms with Gasteiger partial charge in [0.15, 0.2) is 30.7 Å². The van der Waals surface area contributed by atoms with E-state index in [2.05, 4.69) is 0 Å². The van der Waals surface area contributed by atoms with E-state index >= 15 is 0 Å². The first-order valence-electron chi connectivity index (χ1n) is 8.12. The summed E-state index contributed by atoms with van der Waals surface area (Å²) in [7, 11) is 0. The lowest BCUT2D eigenvalue weighted by Crippen LogP contribution is -2.64. The third-order valence-electron chi connectivity index (χ3n) is 3.59. The first kappa shape index (κ1) is 21.8. The molecule has 0 radical (unpaired) electrons. The molecule has 10 nitrogen and oxygen atoms in total. The number of aliphatic carboxylic acids is 1. The number of carbonyl (C=O) groups is 4. The molecule has 1 heterocycles. The second kappa shape index (κ2) is 9.48. The van der Waals surface area contributed by atoms with E-state index in [1.54, 1.807) is 6.92 Å². The molecule has 0 amide bonds. The smallest absolute Gasteiger partial charge is 0.337 e. The molecule has 1 rings (SSSR count). The fourth-order valence-electron chi connectivity index (χ4n) is 2.41. The van der Waals surface area contributed by atoms with Crippen LogP contribution < -0.4 is 0 Å². The minimum Gasteiger partial charge on any atom is -0.479 e. The first-order chi connectivity index (χ1) is 12.1. The van der Waals surface area contributed by atoms with Gasteiger partial charge in [0.05, 0.1) is 6.10 Å². The Hall–Kier alpha value is -2.20. The van der Waals surface area contributed by atoms with Crippen LogP contribution in [-0.2, 0) is 42.9 Å². The maximum absolute atomic E-state index is 11.6. The summed E-state index contributed by atoms with van der Waals surface area (Å²) in [4.78, 5) is 46.0. The number of rotatable bonds is 7. The molecule has 0 aromatic carbocycles. The van der Waals surface area contributed by atoms with Crippen LogP contribution in [0.3, 0.4) is 0 Å². The van der Waals surface area contributed by atoms with Crippen LogP contribution in [-0.4, -0.2) is 65.8 Å². The molecule has 0 aliphatic carbocycles. The summed E-state index contributed by atoms with van der Waals surface area (Å²) < 4.78 is 26.3. The van der Waals surface area contributed by atoms with Crippen molar-refractivity contribution in [2.24, 2.45) is 0 Å². The highest BCUT2D eigenvalue weighted by molar-refractivity contribution is 5.75. The molecule has 0 saturated carbocycles. The summed E-state index contributed by atoms with van der Waals surface area (Å²) in [6.07, 6.45) is -7.05. The molecule has 26 heavy (non-hydrogen) atoms. The quantitative estimate of drug-likeness (QED) is 0.491. The summed E-state index contributed by atoms with van der Waals surface area (Å²) in [5.74, 6) is -3.78. The van der Waals surface area contributed by atoms with Crippen molar-refractivity contribution >= 4 is 23.9 Å². The molecule has 1 fully saturated rings. The van der Waals surface area contributed by atoms with Crippen LogP contribution in [0.1, 0.15) is 41.0 Å². The van der Waals surface area contributed by atoms with E-state index in [1.165, 1.54) is 0 Å². The van der Waals surface area contributed by atoms with Gasteiger partial charge in [0.1, 0.15) is 0 Å². The van der Waals surface area contributed by atoms with Crippen LogP contribution in [0.15, 0.2) is 0 Å². The topological polar surface area (TPSA) is 135 Å². The Balaban J connectivity index is 3.31. The van der Waals surface area contributed by atoms with Gasteiger partial charge >= 0.3 is 23.9 Å². The molecule has 0 aromatic heterocycles. The van der Waals surface area contributed by atoms with Crippen LogP contribution in [0.2, 0.25) is 0 Å². The Kier molecular flexibility index (Phi) is 7.97. The highest BCUT2D eigenvalue weighted by Crippen LogP contribution is 2.30. The van der Waals surface area contributed by atoms with E-state index < -0.39 is 54.6 Å². The van der Waals surface area contributed by atoms with Gasteiger partial charge in [-0.2, -0.15) is 0 Å². The summed E-state index contributed by atoms with van der Waals surface area (Å²) in [6, 6.07) is 0. The third-order valence-corrected chi connectivity index (χ3v) is 3.59. The second-order valence-electron chi connectivity index (χ2n) is 5.84. The van der Waals surface area contributed by atoms with Crippen LogP contribution >= 0.6 is 0 Å². The van der Waals surface area contributed by atoms with E-state index in [1.807, 2.05) is 6.92 Å². The average molecular weight is 376 g/mol. The Labute approximate surface area is 150 Å². The van der Waals surface area contributed by atoms with Crippen molar-refractivity contribution in [2.45, 2.75) is 77.8 Å². The standard InChI is InChI=1S/C16H24O10/c1-6-7(2)22-16-14(25-10(5)19)12(24-9(4)18)11(23-8(3)17)13(26-16)15(20)21/h7,11-14,16H,6H2,1-5H3,(H,20,21)/t7-,11?,12?,13?,14?,16?/m1/s1. The Morgan fingerprint density at radius 1 is 0.923 bits per heavy atom. The molecule has 148 valence electrons. The number of carboxylic acids is 1. The van der Waals surface area contributed by atoms with Gasteiger partial charge in [-0.05, 0) is 13.3 Å². The van der Waals surface area contributed by atoms with Crippen LogP contribution in [0.5, 0.6) is 0 Å². The van der Waals surface area contributed by atoms with Crippen molar-refractivity contribution in [3.8, 4) is 0 Å². The molecule has 1 saturated heterocycles. The van der Waals surface area contributed by atoms with Crippen LogP contribution in [0.4, 0.5) is 0 Å². The zero-order valence-corrected chi connectivity index (χ0v) is 15.3. The summed E-state index contributed by atoms with van der Waals surface area (Å²) in [5, 5.41) is 9.43. The Morgan fingerprint density at radius 2 is 1.38 bits per heavy atom. The fraction of sp³-hybridized carbons (Fsp3) is 0.750. The molecule has 10 heteroatoms. The van der Waals surface area contributed by atoms with Crippen molar-refractivity contribution < 1.29 is 48.0 Å². The number of carboxylic acid groups (broad SMARTS) is 1. The molecule has 1 aliphatic heterocycles. The molecule has 5 unspecified atom stereocenters. The van der Waals surface area contributed by atoms with Crippen LogP contribution in [0.25, 0.3) is 0 Å². The van der Waals surface area contributed by atoms with Crippen molar-refractivity contribution in [3.63, 3.8) is 0 Å². The van der Waals surface area contributed by atoms with Gasteiger partial charge in [-0.1, -0.05) is 6.92 Å². The lowest BCUT2D eigenvalue weighted by atomic mass is 9.97. The lowest BCUT2D eigenvalue weighted by molar-refractivity contribution is -0.308. The number of hydrogen-bond donors (Lipinski definition) is 1. The van der Waals surface area contributed by atoms with Gasteiger partial charge < -0.3 is 28.8 Å². The maximum atomic E-state index is 11.6. The fourth-order valence-corrected chi connectivity index (χ4v) is 2.41. The first-order valence-corrected chi connectivity index (χ1v) is 8.12. The molecule has 1 N–H and O–H groups in total. The highest BCUT2D eigenvalue weighted by atomic mass is 16.7. The van der Waals surface area contributed by atoms with Gasteiger partial charge in [-0.15, -0.1) is 0 Å². The predicted molar refractivity (Wildman–Crippen MR) is 83.8 cm³/mol. The molecule has 1 aliphatic rings. The van der Waals surface area contributed by atoms with Gasteiger partial charge in [-0.25, -0.2) is 4.79 Å². The van der Waals surface area contributed by atoms with Crippen molar-refractivity contribution in [1.82, 2.24) is 0 Å². The number of hydrogen-bond acceptors (Lipinski definition) is 9. The van der Waals surface area contributed by atoms with E-state index in [0.717, 1.165) is 20.8 Å². The van der Waals surface area contributed by atoms with Crippen molar-refractivity contribution in [2.75, 3.05) is 0 Å². The molecule has 0 aromatic rings. The Bertz CT molecular complexity index is 545. The average Bonchev–Trinajstić information content (AvgIpc) is 2.50. The Morgan fingerprint density at radius 3 is 1.81 bits per heavy atom. The predicted octanol–water partition coefficient (Wildman–Crippen LogP) is 0.406. The van der Waals surface area contributed by atoms with E-state index in [4.69, 9.17) is 23.7 Å².